The molecule has 0 saturated carbocycles. The van der Waals surface area contributed by atoms with Crippen molar-refractivity contribution in [3.05, 3.63) is 92.4 Å². The summed E-state index contributed by atoms with van der Waals surface area (Å²) in [5, 5.41) is 27.0. The number of hydrogen-bond donors (Lipinski definition) is 1. The van der Waals surface area contributed by atoms with E-state index in [1.54, 1.807) is 35.7 Å². The molecule has 0 spiro atoms. The molecule has 1 heterocycles. The first kappa shape index (κ1) is 25.6. The zero-order chi connectivity index (χ0) is 25.3. The summed E-state index contributed by atoms with van der Waals surface area (Å²) < 4.78 is 14.2. The predicted molar refractivity (Wildman–Crippen MR) is 140 cm³/mol. The molecule has 0 aliphatic carbocycles. The molecule has 186 valence electrons. The molecule has 4 aromatic rings. The molecule has 1 N–H and O–H groups in total. The summed E-state index contributed by atoms with van der Waals surface area (Å²) in [6.45, 7) is 1.49. The van der Waals surface area contributed by atoms with Crippen molar-refractivity contribution in [2.24, 2.45) is 0 Å². The minimum Gasteiger partial charge on any atom is -0.493 e. The number of nitro benzene ring substituents is 1. The Hall–Kier alpha value is -3.48. The number of methoxy groups -OCH3 is 1. The summed E-state index contributed by atoms with van der Waals surface area (Å²) in [6, 6.07) is 19.8. The number of hydrogen-bond acceptors (Lipinski definition) is 9. The van der Waals surface area contributed by atoms with Crippen LogP contribution in [0.5, 0.6) is 11.5 Å². The molecule has 0 aliphatic heterocycles. The van der Waals surface area contributed by atoms with Crippen molar-refractivity contribution in [1.82, 2.24) is 25.5 Å². The van der Waals surface area contributed by atoms with E-state index in [1.807, 2.05) is 42.5 Å². The third-order valence-corrected chi connectivity index (χ3v) is 6.83. The van der Waals surface area contributed by atoms with Crippen LogP contribution in [0, 0.1) is 10.1 Å². The first-order chi connectivity index (χ1) is 17.6. The number of tetrazole rings is 1. The molecule has 0 atom stereocenters. The van der Waals surface area contributed by atoms with Gasteiger partial charge in [-0.1, -0.05) is 45.9 Å². The molecule has 36 heavy (non-hydrogen) atoms. The summed E-state index contributed by atoms with van der Waals surface area (Å²) in [6.07, 6.45) is 0. The summed E-state index contributed by atoms with van der Waals surface area (Å²) in [5.41, 5.74) is 2.68. The quantitative estimate of drug-likeness (QED) is 0.111. The summed E-state index contributed by atoms with van der Waals surface area (Å²) >= 11 is 5.17. The maximum atomic E-state index is 10.9. The molecule has 3 aromatic carbocycles. The minimum atomic E-state index is -0.425. The van der Waals surface area contributed by atoms with Crippen LogP contribution >= 0.6 is 27.7 Å². The Kier molecular flexibility index (Phi) is 8.87. The molecule has 0 saturated heterocycles. The van der Waals surface area contributed by atoms with Crippen LogP contribution in [-0.4, -0.2) is 44.5 Å². The second-order valence-corrected chi connectivity index (χ2v) is 9.42. The number of para-hydroxylation sites is 1. The van der Waals surface area contributed by atoms with E-state index < -0.39 is 4.92 Å². The van der Waals surface area contributed by atoms with E-state index >= 15 is 0 Å². The Morgan fingerprint density at radius 2 is 1.89 bits per heavy atom. The molecule has 0 amide bonds. The fraction of sp³-hybridized carbons (Fsp3) is 0.208. The highest BCUT2D eigenvalue weighted by atomic mass is 79.9. The number of nitrogens with zero attached hydrogens (tertiary/aromatic N) is 5. The molecule has 12 heteroatoms. The van der Waals surface area contributed by atoms with Crippen LogP contribution in [-0.2, 0) is 13.2 Å². The topological polar surface area (TPSA) is 117 Å². The van der Waals surface area contributed by atoms with Gasteiger partial charge >= 0.3 is 0 Å². The Bertz CT molecular complexity index is 1300. The Morgan fingerprint density at radius 1 is 1.11 bits per heavy atom. The molecule has 0 fully saturated rings. The average Bonchev–Trinajstić information content (AvgIpc) is 3.37. The van der Waals surface area contributed by atoms with E-state index in [2.05, 4.69) is 36.8 Å². The lowest BCUT2D eigenvalue weighted by Crippen LogP contribution is -2.18. The third-order valence-electron chi connectivity index (χ3n) is 5.17. The van der Waals surface area contributed by atoms with Crippen LogP contribution in [0.25, 0.3) is 5.69 Å². The highest BCUT2D eigenvalue weighted by Crippen LogP contribution is 2.37. The highest BCUT2D eigenvalue weighted by molar-refractivity contribution is 9.10. The molecule has 10 nitrogen and oxygen atoms in total. The van der Waals surface area contributed by atoms with Gasteiger partial charge in [0.25, 0.3) is 5.69 Å². The largest absolute Gasteiger partial charge is 0.493 e. The van der Waals surface area contributed by atoms with Gasteiger partial charge in [-0.25, -0.2) is 0 Å². The van der Waals surface area contributed by atoms with Crippen LogP contribution in [0.4, 0.5) is 5.69 Å². The van der Waals surface area contributed by atoms with Crippen LogP contribution in [0.3, 0.4) is 0 Å². The SMILES string of the molecule is COc1ccc(Br)c(CNCCSc2nnnn2-c2ccccc2)c1OCc1ccc([N+](=O)[O-])cc1. The van der Waals surface area contributed by atoms with E-state index in [9.17, 15) is 10.1 Å². The van der Waals surface area contributed by atoms with Crippen molar-refractivity contribution in [1.29, 1.82) is 0 Å². The molecule has 1 aromatic heterocycles. The molecular weight excluding hydrogens is 548 g/mol. The Morgan fingerprint density at radius 3 is 2.61 bits per heavy atom. The number of aromatic nitrogens is 4. The maximum Gasteiger partial charge on any atom is 0.269 e. The maximum absolute atomic E-state index is 10.9. The van der Waals surface area contributed by atoms with Gasteiger partial charge in [0.1, 0.15) is 6.61 Å². The smallest absolute Gasteiger partial charge is 0.269 e. The van der Waals surface area contributed by atoms with E-state index in [4.69, 9.17) is 9.47 Å². The molecular formula is C24H23BrN6O4S. The van der Waals surface area contributed by atoms with E-state index in [0.29, 0.717) is 24.6 Å². The fourth-order valence-corrected chi connectivity index (χ4v) is 4.60. The highest BCUT2D eigenvalue weighted by Gasteiger charge is 2.15. The monoisotopic (exact) mass is 570 g/mol. The lowest BCUT2D eigenvalue weighted by atomic mass is 10.1. The van der Waals surface area contributed by atoms with Crippen molar-refractivity contribution >= 4 is 33.4 Å². The van der Waals surface area contributed by atoms with Gasteiger partial charge < -0.3 is 14.8 Å². The van der Waals surface area contributed by atoms with Gasteiger partial charge in [0, 0.05) is 41.0 Å². The van der Waals surface area contributed by atoms with Gasteiger partial charge in [0.2, 0.25) is 5.16 Å². The number of nitro groups is 1. The van der Waals surface area contributed by atoms with Gasteiger partial charge in [-0.05, 0) is 52.4 Å². The van der Waals surface area contributed by atoms with Gasteiger partial charge in [-0.3, -0.25) is 10.1 Å². The summed E-state index contributed by atoms with van der Waals surface area (Å²) in [7, 11) is 1.59. The van der Waals surface area contributed by atoms with Crippen molar-refractivity contribution in [3.63, 3.8) is 0 Å². The normalized spacial score (nSPS) is 10.8. The van der Waals surface area contributed by atoms with E-state index in [-0.39, 0.29) is 12.3 Å². The van der Waals surface area contributed by atoms with Gasteiger partial charge in [0.15, 0.2) is 11.5 Å². The van der Waals surface area contributed by atoms with Gasteiger partial charge in [0.05, 0.1) is 17.7 Å². The second-order valence-electron chi connectivity index (χ2n) is 7.50. The average molecular weight is 571 g/mol. The van der Waals surface area contributed by atoms with Crippen molar-refractivity contribution in [2.75, 3.05) is 19.4 Å². The standard InChI is InChI=1S/C24H23BrN6O4S/c1-34-22-12-11-21(25)20(23(22)35-16-17-7-9-19(10-8-17)31(32)33)15-26-13-14-36-24-27-28-29-30(24)18-5-3-2-4-6-18/h2-12,26H,13-16H2,1H3. The number of ether oxygens (including phenoxy) is 2. The second kappa shape index (κ2) is 12.5. The number of non-ortho nitro benzene ring substituents is 1. The van der Waals surface area contributed by atoms with Crippen molar-refractivity contribution < 1.29 is 14.4 Å². The zero-order valence-corrected chi connectivity index (χ0v) is 21.7. The van der Waals surface area contributed by atoms with Crippen LogP contribution in [0.2, 0.25) is 0 Å². The Labute approximate surface area is 220 Å². The first-order valence-electron chi connectivity index (χ1n) is 11.0. The molecule has 0 aliphatic rings. The third kappa shape index (κ3) is 6.39. The summed E-state index contributed by atoms with van der Waals surface area (Å²) in [4.78, 5) is 10.5. The molecule has 0 radical (unpaired) electrons. The molecule has 0 bridgehead atoms. The lowest BCUT2D eigenvalue weighted by molar-refractivity contribution is -0.384. The fourth-order valence-electron chi connectivity index (χ4n) is 3.36. The van der Waals surface area contributed by atoms with E-state index in [0.717, 1.165) is 32.2 Å². The van der Waals surface area contributed by atoms with Crippen LogP contribution in [0.1, 0.15) is 11.1 Å². The number of rotatable bonds is 12. The van der Waals surface area contributed by atoms with Crippen LogP contribution in [0.15, 0.2) is 76.4 Å². The van der Waals surface area contributed by atoms with Gasteiger partial charge in [-0.2, -0.15) is 4.68 Å². The number of benzene rings is 3. The van der Waals surface area contributed by atoms with Crippen molar-refractivity contribution in [2.45, 2.75) is 18.3 Å². The zero-order valence-electron chi connectivity index (χ0n) is 19.3. The molecule has 0 unspecified atom stereocenters. The number of thioether (sulfide) groups is 1. The predicted octanol–water partition coefficient (Wildman–Crippen LogP) is 4.80. The van der Waals surface area contributed by atoms with Gasteiger partial charge in [-0.15, -0.1) is 5.10 Å². The molecule has 4 rings (SSSR count). The van der Waals surface area contributed by atoms with E-state index in [1.165, 1.54) is 12.1 Å². The Balaban J connectivity index is 1.36. The number of halogens is 1. The van der Waals surface area contributed by atoms with Crippen LogP contribution < -0.4 is 14.8 Å². The number of nitrogens with one attached hydrogen (secondary N) is 1. The lowest BCUT2D eigenvalue weighted by Gasteiger charge is -2.17. The summed E-state index contributed by atoms with van der Waals surface area (Å²) in [5.74, 6) is 1.97. The first-order valence-corrected chi connectivity index (χ1v) is 12.7. The van der Waals surface area contributed by atoms with Crippen molar-refractivity contribution in [3.8, 4) is 17.2 Å². The minimum absolute atomic E-state index is 0.0411.